The molecule has 1 aromatic heterocycles. The molecule has 0 aliphatic carbocycles. The van der Waals surface area contributed by atoms with Gasteiger partial charge in [-0.15, -0.1) is 11.3 Å². The summed E-state index contributed by atoms with van der Waals surface area (Å²) in [5.74, 6) is -0.390. The largest absolute Gasteiger partial charge is 0.465 e. The third-order valence-electron chi connectivity index (χ3n) is 3.36. The van der Waals surface area contributed by atoms with Crippen LogP contribution in [0.3, 0.4) is 0 Å². The summed E-state index contributed by atoms with van der Waals surface area (Å²) in [6.07, 6.45) is 0.774. The molecule has 0 aromatic carbocycles. The van der Waals surface area contributed by atoms with Crippen molar-refractivity contribution in [2.24, 2.45) is 0 Å². The number of thiophene rings is 1. The fourth-order valence-corrected chi connectivity index (χ4v) is 3.27. The number of hydrogen-bond acceptors (Lipinski definition) is 5. The first kappa shape index (κ1) is 14.8. The monoisotopic (exact) mass is 297 g/mol. The molecular weight excluding hydrogens is 278 g/mol. The van der Waals surface area contributed by atoms with Crippen LogP contribution in [0.1, 0.15) is 27.7 Å². The Kier molecular flexibility index (Phi) is 4.61. The fourth-order valence-electron chi connectivity index (χ4n) is 2.08. The summed E-state index contributed by atoms with van der Waals surface area (Å²) in [6, 6.07) is -0.218. The molecule has 0 spiro atoms. The number of rotatable bonds is 3. The van der Waals surface area contributed by atoms with Crippen molar-refractivity contribution < 1.29 is 14.3 Å². The SMILES string of the molecule is CCN(C)C(=O)Nc1sc2c(c1C(=O)OC)CCNC2. The second-order valence-electron chi connectivity index (χ2n) is 4.57. The smallest absolute Gasteiger partial charge is 0.341 e. The Balaban J connectivity index is 2.34. The van der Waals surface area contributed by atoms with E-state index in [4.69, 9.17) is 4.74 Å². The van der Waals surface area contributed by atoms with Crippen LogP contribution >= 0.6 is 11.3 Å². The van der Waals surface area contributed by atoms with Crippen LogP contribution in [0.5, 0.6) is 0 Å². The molecule has 2 heterocycles. The third-order valence-corrected chi connectivity index (χ3v) is 4.51. The van der Waals surface area contributed by atoms with E-state index in [-0.39, 0.29) is 12.0 Å². The van der Waals surface area contributed by atoms with Crippen molar-refractivity contribution in [1.29, 1.82) is 0 Å². The normalized spacial score (nSPS) is 13.6. The maximum atomic E-state index is 12.0. The van der Waals surface area contributed by atoms with Gasteiger partial charge in [0, 0.05) is 25.0 Å². The molecule has 0 fully saturated rings. The minimum Gasteiger partial charge on any atom is -0.465 e. The van der Waals surface area contributed by atoms with Gasteiger partial charge in [0.25, 0.3) is 0 Å². The summed E-state index contributed by atoms with van der Waals surface area (Å²) in [5.41, 5.74) is 1.50. The molecular formula is C13H19N3O3S. The summed E-state index contributed by atoms with van der Waals surface area (Å²) in [6.45, 7) is 4.05. The quantitative estimate of drug-likeness (QED) is 0.833. The van der Waals surface area contributed by atoms with Crippen molar-refractivity contribution in [3.63, 3.8) is 0 Å². The standard InChI is InChI=1S/C13H19N3O3S/c1-4-16(2)13(18)15-11-10(12(17)19-3)8-5-6-14-7-9(8)20-11/h14H,4-7H2,1-3H3,(H,15,18). The van der Waals surface area contributed by atoms with Crippen LogP contribution in [-0.4, -0.2) is 44.1 Å². The number of amides is 2. The van der Waals surface area contributed by atoms with E-state index in [0.29, 0.717) is 17.1 Å². The van der Waals surface area contributed by atoms with Gasteiger partial charge in [0.05, 0.1) is 12.7 Å². The molecule has 0 bridgehead atoms. The zero-order chi connectivity index (χ0) is 14.7. The zero-order valence-corrected chi connectivity index (χ0v) is 12.7. The minimum absolute atomic E-state index is 0.218. The number of urea groups is 1. The molecule has 0 saturated heterocycles. The second kappa shape index (κ2) is 6.23. The Morgan fingerprint density at radius 2 is 2.25 bits per heavy atom. The fraction of sp³-hybridized carbons (Fsp3) is 0.538. The number of ether oxygens (including phenoxy) is 1. The Bertz CT molecular complexity index is 527. The van der Waals surface area contributed by atoms with E-state index < -0.39 is 0 Å². The first-order valence-electron chi connectivity index (χ1n) is 6.54. The lowest BCUT2D eigenvalue weighted by molar-refractivity contribution is 0.0601. The number of nitrogens with zero attached hydrogens (tertiary/aromatic N) is 1. The maximum absolute atomic E-state index is 12.0. The first-order chi connectivity index (χ1) is 9.58. The summed E-state index contributed by atoms with van der Waals surface area (Å²) in [7, 11) is 3.07. The topological polar surface area (TPSA) is 70.7 Å². The molecule has 0 radical (unpaired) electrons. The van der Waals surface area contributed by atoms with Crippen LogP contribution in [0.4, 0.5) is 9.80 Å². The van der Waals surface area contributed by atoms with Crippen molar-refractivity contribution in [1.82, 2.24) is 10.2 Å². The van der Waals surface area contributed by atoms with Crippen LogP contribution < -0.4 is 10.6 Å². The van der Waals surface area contributed by atoms with Gasteiger partial charge in [-0.2, -0.15) is 0 Å². The molecule has 7 heteroatoms. The van der Waals surface area contributed by atoms with Crippen LogP contribution in [0.15, 0.2) is 0 Å². The summed E-state index contributed by atoms with van der Waals surface area (Å²) in [5, 5.41) is 6.65. The number of carbonyl (C=O) groups is 2. The van der Waals surface area contributed by atoms with Gasteiger partial charge in [0.15, 0.2) is 0 Å². The van der Waals surface area contributed by atoms with E-state index in [1.165, 1.54) is 18.4 Å². The average molecular weight is 297 g/mol. The molecule has 1 aromatic rings. The number of carbonyl (C=O) groups excluding carboxylic acids is 2. The van der Waals surface area contributed by atoms with Gasteiger partial charge in [-0.05, 0) is 25.5 Å². The lowest BCUT2D eigenvalue weighted by atomic mass is 10.0. The summed E-state index contributed by atoms with van der Waals surface area (Å²) < 4.78 is 4.85. The van der Waals surface area contributed by atoms with Crippen LogP contribution in [0, 0.1) is 0 Å². The van der Waals surface area contributed by atoms with Gasteiger partial charge in [-0.1, -0.05) is 0 Å². The average Bonchev–Trinajstić information content (AvgIpc) is 2.83. The number of esters is 1. The molecule has 110 valence electrons. The summed E-state index contributed by atoms with van der Waals surface area (Å²) in [4.78, 5) is 26.6. The predicted molar refractivity (Wildman–Crippen MR) is 78.4 cm³/mol. The molecule has 2 N–H and O–H groups in total. The molecule has 20 heavy (non-hydrogen) atoms. The number of methoxy groups -OCH3 is 1. The zero-order valence-electron chi connectivity index (χ0n) is 11.9. The van der Waals surface area contributed by atoms with Gasteiger partial charge in [0.1, 0.15) is 5.00 Å². The maximum Gasteiger partial charge on any atom is 0.341 e. The van der Waals surface area contributed by atoms with Crippen molar-refractivity contribution in [2.75, 3.05) is 32.6 Å². The molecule has 1 aliphatic heterocycles. The van der Waals surface area contributed by atoms with Gasteiger partial charge in [0.2, 0.25) is 0 Å². The van der Waals surface area contributed by atoms with Gasteiger partial charge < -0.3 is 15.0 Å². The Morgan fingerprint density at radius 1 is 1.50 bits per heavy atom. The van der Waals surface area contributed by atoms with Crippen LogP contribution in [-0.2, 0) is 17.7 Å². The lowest BCUT2D eigenvalue weighted by Gasteiger charge is -2.15. The molecule has 2 amide bonds. The molecule has 1 aliphatic rings. The highest BCUT2D eigenvalue weighted by Crippen LogP contribution is 2.35. The number of nitrogens with one attached hydrogen (secondary N) is 2. The van der Waals surface area contributed by atoms with Crippen molar-refractivity contribution >= 4 is 28.3 Å². The highest BCUT2D eigenvalue weighted by molar-refractivity contribution is 7.17. The highest BCUT2D eigenvalue weighted by Gasteiger charge is 2.27. The molecule has 0 atom stereocenters. The predicted octanol–water partition coefficient (Wildman–Crippen LogP) is 1.66. The number of fused-ring (bicyclic) bond motifs is 1. The number of hydrogen-bond donors (Lipinski definition) is 2. The second-order valence-corrected chi connectivity index (χ2v) is 5.68. The summed E-state index contributed by atoms with van der Waals surface area (Å²) >= 11 is 1.44. The molecule has 0 saturated carbocycles. The van der Waals surface area contributed by atoms with Gasteiger partial charge in [-0.3, -0.25) is 5.32 Å². The van der Waals surface area contributed by atoms with E-state index in [9.17, 15) is 9.59 Å². The van der Waals surface area contributed by atoms with E-state index >= 15 is 0 Å². The highest BCUT2D eigenvalue weighted by atomic mass is 32.1. The van der Waals surface area contributed by atoms with Crippen LogP contribution in [0.25, 0.3) is 0 Å². The molecule has 0 unspecified atom stereocenters. The number of anilines is 1. The molecule has 6 nitrogen and oxygen atoms in total. The van der Waals surface area contributed by atoms with E-state index in [0.717, 1.165) is 30.0 Å². The third kappa shape index (κ3) is 2.78. The van der Waals surface area contributed by atoms with E-state index in [1.807, 2.05) is 6.92 Å². The van der Waals surface area contributed by atoms with Crippen molar-refractivity contribution in [3.8, 4) is 0 Å². The lowest BCUT2D eigenvalue weighted by Crippen LogP contribution is -2.31. The minimum atomic E-state index is -0.390. The first-order valence-corrected chi connectivity index (χ1v) is 7.35. The Hall–Kier alpha value is -1.60. The molecule has 2 rings (SSSR count). The van der Waals surface area contributed by atoms with E-state index in [1.54, 1.807) is 11.9 Å². The van der Waals surface area contributed by atoms with E-state index in [2.05, 4.69) is 10.6 Å². The van der Waals surface area contributed by atoms with Gasteiger partial charge >= 0.3 is 12.0 Å². The van der Waals surface area contributed by atoms with Crippen molar-refractivity contribution in [2.45, 2.75) is 19.9 Å². The van der Waals surface area contributed by atoms with Gasteiger partial charge in [-0.25, -0.2) is 9.59 Å². The Labute approximate surface area is 122 Å². The van der Waals surface area contributed by atoms with Crippen LogP contribution in [0.2, 0.25) is 0 Å². The van der Waals surface area contributed by atoms with Crippen molar-refractivity contribution in [3.05, 3.63) is 16.0 Å². The Morgan fingerprint density at radius 3 is 2.90 bits per heavy atom.